The second-order valence-corrected chi connectivity index (χ2v) is 6.60. The molecule has 0 spiro atoms. The van der Waals surface area contributed by atoms with E-state index >= 15 is 0 Å². The summed E-state index contributed by atoms with van der Waals surface area (Å²) in [5.41, 5.74) is 9.56. The second kappa shape index (κ2) is 5.24. The van der Waals surface area contributed by atoms with Crippen LogP contribution in [-0.4, -0.2) is 10.5 Å². The predicted molar refractivity (Wildman–Crippen MR) is 79.1 cm³/mol. The third kappa shape index (κ3) is 2.43. The van der Waals surface area contributed by atoms with Crippen molar-refractivity contribution < 1.29 is 0 Å². The first kappa shape index (κ1) is 13.1. The van der Waals surface area contributed by atoms with E-state index in [0.29, 0.717) is 5.92 Å². The zero-order valence-corrected chi connectivity index (χ0v) is 12.1. The molecule has 0 bridgehead atoms. The smallest absolute Gasteiger partial charge is 0.0484 e. The van der Waals surface area contributed by atoms with Crippen LogP contribution in [-0.2, 0) is 6.42 Å². The van der Waals surface area contributed by atoms with Crippen LogP contribution in [0.15, 0.2) is 18.3 Å². The molecule has 1 fully saturated rings. The molecule has 2 N–H and O–H groups in total. The molecule has 2 aliphatic rings. The molecule has 1 aromatic heterocycles. The lowest BCUT2D eigenvalue weighted by molar-refractivity contribution is 0.190. The van der Waals surface area contributed by atoms with E-state index in [9.17, 15) is 0 Å². The molecule has 0 aliphatic heterocycles. The van der Waals surface area contributed by atoms with E-state index in [2.05, 4.69) is 24.0 Å². The Morgan fingerprint density at radius 2 is 2.11 bits per heavy atom. The molecule has 1 atom stereocenters. The van der Waals surface area contributed by atoms with E-state index in [1.54, 1.807) is 0 Å². The van der Waals surface area contributed by atoms with Gasteiger partial charge < -0.3 is 5.73 Å². The van der Waals surface area contributed by atoms with Gasteiger partial charge >= 0.3 is 0 Å². The summed E-state index contributed by atoms with van der Waals surface area (Å²) in [6, 6.07) is 4.29. The first-order valence-electron chi connectivity index (χ1n) is 7.95. The summed E-state index contributed by atoms with van der Waals surface area (Å²) in [6.45, 7) is 2.29. The van der Waals surface area contributed by atoms with Gasteiger partial charge in [-0.05, 0) is 56.1 Å². The third-order valence-corrected chi connectivity index (χ3v) is 5.39. The quantitative estimate of drug-likeness (QED) is 0.895. The number of rotatable bonds is 3. The highest BCUT2D eigenvalue weighted by Crippen LogP contribution is 2.46. The molecular weight excluding hydrogens is 232 g/mol. The van der Waals surface area contributed by atoms with Gasteiger partial charge in [-0.3, -0.25) is 4.98 Å². The summed E-state index contributed by atoms with van der Waals surface area (Å²) in [5, 5.41) is 0. The zero-order valence-electron chi connectivity index (χ0n) is 12.1. The topological polar surface area (TPSA) is 38.9 Å². The number of nitrogens with zero attached hydrogens (tertiary/aromatic N) is 1. The fourth-order valence-corrected chi connectivity index (χ4v) is 4.23. The average Bonchev–Trinajstić information content (AvgIpc) is 2.86. The predicted octanol–water partition coefficient (Wildman–Crippen LogP) is 3.80. The van der Waals surface area contributed by atoms with Gasteiger partial charge in [0.05, 0.1) is 0 Å². The van der Waals surface area contributed by atoms with Crippen molar-refractivity contribution in [2.75, 3.05) is 0 Å². The van der Waals surface area contributed by atoms with Crippen molar-refractivity contribution in [3.05, 3.63) is 29.6 Å². The molecule has 0 saturated heterocycles. The van der Waals surface area contributed by atoms with Gasteiger partial charge in [0.25, 0.3) is 0 Å². The summed E-state index contributed by atoms with van der Waals surface area (Å²) in [7, 11) is 0. The van der Waals surface area contributed by atoms with Crippen LogP contribution in [0.1, 0.15) is 69.0 Å². The van der Waals surface area contributed by atoms with Crippen molar-refractivity contribution in [2.45, 2.75) is 69.7 Å². The van der Waals surface area contributed by atoms with Crippen LogP contribution in [0.3, 0.4) is 0 Å². The van der Waals surface area contributed by atoms with Gasteiger partial charge in [0.15, 0.2) is 0 Å². The van der Waals surface area contributed by atoms with Gasteiger partial charge in [0, 0.05) is 23.3 Å². The van der Waals surface area contributed by atoms with Gasteiger partial charge in [-0.15, -0.1) is 0 Å². The molecule has 2 heteroatoms. The number of aryl methyl sites for hydroxylation is 1. The van der Waals surface area contributed by atoms with Gasteiger partial charge in [0.2, 0.25) is 0 Å². The van der Waals surface area contributed by atoms with Gasteiger partial charge in [0.1, 0.15) is 0 Å². The molecule has 2 aliphatic carbocycles. The van der Waals surface area contributed by atoms with Crippen molar-refractivity contribution in [3.63, 3.8) is 0 Å². The summed E-state index contributed by atoms with van der Waals surface area (Å²) in [5.74, 6) is 1.43. The molecule has 3 rings (SSSR count). The monoisotopic (exact) mass is 258 g/mol. The van der Waals surface area contributed by atoms with E-state index in [1.807, 2.05) is 6.20 Å². The van der Waals surface area contributed by atoms with Gasteiger partial charge in [-0.1, -0.05) is 25.8 Å². The molecule has 0 amide bonds. The van der Waals surface area contributed by atoms with Gasteiger partial charge in [-0.2, -0.15) is 0 Å². The van der Waals surface area contributed by atoms with E-state index in [0.717, 1.165) is 5.92 Å². The maximum atomic E-state index is 6.80. The third-order valence-electron chi connectivity index (χ3n) is 5.39. The number of fused-ring (bicyclic) bond motifs is 1. The van der Waals surface area contributed by atoms with Crippen LogP contribution in [0, 0.1) is 5.92 Å². The van der Waals surface area contributed by atoms with E-state index in [-0.39, 0.29) is 5.54 Å². The molecule has 0 radical (unpaired) electrons. The first-order chi connectivity index (χ1) is 9.23. The highest BCUT2D eigenvalue weighted by Gasteiger charge is 2.42. The Hall–Kier alpha value is -0.890. The summed E-state index contributed by atoms with van der Waals surface area (Å²) in [4.78, 5) is 4.64. The molecule has 1 aromatic rings. The number of nitrogens with two attached hydrogens (primary N) is 1. The molecule has 1 heterocycles. The maximum absolute atomic E-state index is 6.80. The summed E-state index contributed by atoms with van der Waals surface area (Å²) in [6.07, 6.45) is 12.0. The molecule has 1 unspecified atom stereocenters. The number of pyridine rings is 1. The number of hydrogen-bond acceptors (Lipinski definition) is 2. The summed E-state index contributed by atoms with van der Waals surface area (Å²) >= 11 is 0. The zero-order chi connectivity index (χ0) is 13.3. The van der Waals surface area contributed by atoms with Crippen molar-refractivity contribution in [3.8, 4) is 0 Å². The molecule has 1 saturated carbocycles. The Balaban J connectivity index is 1.73. The average molecular weight is 258 g/mol. The highest BCUT2D eigenvalue weighted by molar-refractivity contribution is 5.32. The lowest BCUT2D eigenvalue weighted by atomic mass is 9.68. The minimum absolute atomic E-state index is 0.0177. The Morgan fingerprint density at radius 3 is 2.84 bits per heavy atom. The standard InChI is InChI=1S/C17H26N2/c1-2-4-13-8-10-17(18,11-9-13)15-7-6-14-5-3-12-19-16(14)15/h3,5,12-13,15H,2,4,6-11,18H2,1H3. The lowest BCUT2D eigenvalue weighted by Gasteiger charge is -2.41. The van der Waals surface area contributed by atoms with Crippen molar-refractivity contribution >= 4 is 0 Å². The number of hydrogen-bond donors (Lipinski definition) is 1. The molecule has 2 nitrogen and oxygen atoms in total. The Morgan fingerprint density at radius 1 is 1.32 bits per heavy atom. The number of aromatic nitrogens is 1. The fourth-order valence-electron chi connectivity index (χ4n) is 4.23. The molecule has 104 valence electrons. The fraction of sp³-hybridized carbons (Fsp3) is 0.706. The molecule has 19 heavy (non-hydrogen) atoms. The minimum Gasteiger partial charge on any atom is -0.324 e. The molecule has 0 aromatic carbocycles. The van der Waals surface area contributed by atoms with Crippen LogP contribution < -0.4 is 5.73 Å². The first-order valence-corrected chi connectivity index (χ1v) is 7.95. The SMILES string of the molecule is CCCC1CCC(N)(C2CCc3cccnc32)CC1. The van der Waals surface area contributed by atoms with Crippen LogP contribution in [0.4, 0.5) is 0 Å². The van der Waals surface area contributed by atoms with Crippen molar-refractivity contribution in [1.82, 2.24) is 4.98 Å². The van der Waals surface area contributed by atoms with E-state index in [4.69, 9.17) is 5.73 Å². The van der Waals surface area contributed by atoms with E-state index in [1.165, 1.54) is 62.6 Å². The Labute approximate surface area is 116 Å². The van der Waals surface area contributed by atoms with Crippen LogP contribution in [0.2, 0.25) is 0 Å². The minimum atomic E-state index is 0.0177. The van der Waals surface area contributed by atoms with Crippen LogP contribution >= 0.6 is 0 Å². The van der Waals surface area contributed by atoms with E-state index < -0.39 is 0 Å². The molecular formula is C17H26N2. The lowest BCUT2D eigenvalue weighted by Crippen LogP contribution is -2.48. The Bertz CT molecular complexity index is 433. The summed E-state index contributed by atoms with van der Waals surface area (Å²) < 4.78 is 0. The van der Waals surface area contributed by atoms with Crippen LogP contribution in [0.5, 0.6) is 0 Å². The van der Waals surface area contributed by atoms with Gasteiger partial charge in [-0.25, -0.2) is 0 Å². The maximum Gasteiger partial charge on any atom is 0.0484 e. The van der Waals surface area contributed by atoms with Crippen molar-refractivity contribution in [1.29, 1.82) is 0 Å². The normalized spacial score (nSPS) is 34.2. The van der Waals surface area contributed by atoms with Crippen LogP contribution in [0.25, 0.3) is 0 Å². The highest BCUT2D eigenvalue weighted by atomic mass is 14.8. The largest absolute Gasteiger partial charge is 0.324 e. The Kier molecular flexibility index (Phi) is 3.62. The van der Waals surface area contributed by atoms with Crippen molar-refractivity contribution in [2.24, 2.45) is 11.7 Å². The second-order valence-electron chi connectivity index (χ2n) is 6.60.